The molecule has 0 bridgehead atoms. The van der Waals surface area contributed by atoms with Crippen LogP contribution in [0.1, 0.15) is 16.1 Å². The zero-order valence-corrected chi connectivity index (χ0v) is 17.6. The Kier molecular flexibility index (Phi) is 5.63. The monoisotopic (exact) mass is 467 g/mol. The normalized spacial score (nSPS) is 15.3. The van der Waals surface area contributed by atoms with Crippen LogP contribution >= 0.6 is 0 Å². The molecule has 0 N–H and O–H groups in total. The highest BCUT2D eigenvalue weighted by Gasteiger charge is 2.34. The fourth-order valence-corrected chi connectivity index (χ4v) is 5.14. The lowest BCUT2D eigenvalue weighted by Gasteiger charge is -2.34. The van der Waals surface area contributed by atoms with Crippen LogP contribution in [0.3, 0.4) is 0 Å². The van der Waals surface area contributed by atoms with Crippen LogP contribution < -0.4 is 0 Å². The average molecular weight is 467 g/mol. The Labute approximate surface area is 181 Å². The van der Waals surface area contributed by atoms with Crippen LogP contribution in [0.4, 0.5) is 17.6 Å². The summed E-state index contributed by atoms with van der Waals surface area (Å²) in [7, 11) is -4.43. The molecule has 0 aliphatic carbocycles. The Hall–Kier alpha value is -3.05. The number of halogens is 4. The van der Waals surface area contributed by atoms with Gasteiger partial charge in [-0.25, -0.2) is 26.0 Å². The van der Waals surface area contributed by atoms with Crippen molar-refractivity contribution in [1.29, 1.82) is 0 Å². The number of fused-ring (bicyclic) bond motifs is 1. The van der Waals surface area contributed by atoms with E-state index in [1.54, 1.807) is 13.0 Å². The van der Waals surface area contributed by atoms with Gasteiger partial charge in [-0.3, -0.25) is 9.78 Å². The van der Waals surface area contributed by atoms with Crippen LogP contribution in [0.25, 0.3) is 10.9 Å². The van der Waals surface area contributed by atoms with Crippen LogP contribution in [0.2, 0.25) is 0 Å². The number of carbonyl (C=O) groups is 1. The van der Waals surface area contributed by atoms with E-state index in [9.17, 15) is 30.8 Å². The van der Waals surface area contributed by atoms with Crippen molar-refractivity contribution in [3.8, 4) is 0 Å². The minimum atomic E-state index is -4.43. The van der Waals surface area contributed by atoms with Crippen molar-refractivity contribution in [2.75, 3.05) is 26.2 Å². The Balaban J connectivity index is 1.56. The van der Waals surface area contributed by atoms with Gasteiger partial charge in [0.15, 0.2) is 17.5 Å². The van der Waals surface area contributed by atoms with Gasteiger partial charge in [0.2, 0.25) is 10.0 Å². The molecule has 2 aromatic carbocycles. The molecule has 0 atom stereocenters. The maximum absolute atomic E-state index is 14.0. The molecule has 11 heteroatoms. The Morgan fingerprint density at radius 2 is 1.62 bits per heavy atom. The second-order valence-electron chi connectivity index (χ2n) is 7.34. The fourth-order valence-electron chi connectivity index (χ4n) is 3.66. The van der Waals surface area contributed by atoms with Gasteiger partial charge in [0.05, 0.1) is 11.1 Å². The summed E-state index contributed by atoms with van der Waals surface area (Å²) in [6.07, 6.45) is 0. The number of piperazine rings is 1. The first-order valence-corrected chi connectivity index (χ1v) is 11.0. The molecule has 1 amide bonds. The maximum atomic E-state index is 14.0. The number of aromatic nitrogens is 1. The quantitative estimate of drug-likeness (QED) is 0.438. The molecule has 32 heavy (non-hydrogen) atoms. The molecule has 2 heterocycles. The molecule has 1 aliphatic rings. The van der Waals surface area contributed by atoms with Crippen molar-refractivity contribution in [2.24, 2.45) is 0 Å². The molecule has 1 fully saturated rings. The van der Waals surface area contributed by atoms with Crippen molar-refractivity contribution < 1.29 is 30.8 Å². The smallest absolute Gasteiger partial charge is 0.254 e. The SMILES string of the molecule is Cc1cc(C(=O)N2CCN(S(=O)(=O)c3ccc(F)c(F)c3F)CC2)c2ccc(F)cc2n1. The van der Waals surface area contributed by atoms with Crippen molar-refractivity contribution in [3.05, 3.63) is 70.9 Å². The van der Waals surface area contributed by atoms with E-state index in [1.165, 1.54) is 23.1 Å². The number of rotatable bonds is 3. The first kappa shape index (κ1) is 22.2. The minimum Gasteiger partial charge on any atom is -0.336 e. The van der Waals surface area contributed by atoms with Crippen LogP contribution in [-0.2, 0) is 10.0 Å². The summed E-state index contributed by atoms with van der Waals surface area (Å²) in [6.45, 7) is 1.33. The molecule has 1 aromatic heterocycles. The summed E-state index contributed by atoms with van der Waals surface area (Å²) in [4.78, 5) is 17.8. The second kappa shape index (κ2) is 8.14. The molecule has 0 spiro atoms. The largest absolute Gasteiger partial charge is 0.336 e. The minimum absolute atomic E-state index is 0.00653. The van der Waals surface area contributed by atoms with E-state index >= 15 is 0 Å². The molecule has 1 saturated heterocycles. The Bertz CT molecular complexity index is 1330. The van der Waals surface area contributed by atoms with Gasteiger partial charge < -0.3 is 4.90 Å². The van der Waals surface area contributed by atoms with Gasteiger partial charge in [0.1, 0.15) is 10.7 Å². The summed E-state index contributed by atoms with van der Waals surface area (Å²) >= 11 is 0. The zero-order valence-electron chi connectivity index (χ0n) is 16.8. The third-order valence-electron chi connectivity index (χ3n) is 5.27. The molecule has 1 aliphatic heterocycles. The molecule has 0 radical (unpaired) electrons. The standard InChI is InChI=1S/C21H17F4N3O3S/c1-12-10-15(14-3-2-13(22)11-17(14)26-12)21(29)27-6-8-28(9-7-27)32(30,31)18-5-4-16(23)19(24)20(18)25/h2-5,10-11H,6-9H2,1H3. The third kappa shape index (κ3) is 3.82. The number of amides is 1. The summed E-state index contributed by atoms with van der Waals surface area (Å²) in [5.74, 6) is -6.01. The Morgan fingerprint density at radius 3 is 2.31 bits per heavy atom. The van der Waals surface area contributed by atoms with Gasteiger partial charge in [0.25, 0.3) is 5.91 Å². The fraction of sp³-hybridized carbons (Fsp3) is 0.238. The number of carbonyl (C=O) groups excluding carboxylic acids is 1. The van der Waals surface area contributed by atoms with Gasteiger partial charge in [-0.05, 0) is 37.3 Å². The van der Waals surface area contributed by atoms with E-state index in [-0.39, 0.29) is 32.1 Å². The van der Waals surface area contributed by atoms with Gasteiger partial charge in [-0.15, -0.1) is 0 Å². The molecule has 0 saturated carbocycles. The van der Waals surface area contributed by atoms with E-state index in [1.807, 2.05) is 0 Å². The van der Waals surface area contributed by atoms with Gasteiger partial charge in [-0.2, -0.15) is 4.31 Å². The molecular weight excluding hydrogens is 450 g/mol. The highest BCUT2D eigenvalue weighted by molar-refractivity contribution is 7.89. The van der Waals surface area contributed by atoms with Crippen LogP contribution in [0, 0.1) is 30.2 Å². The first-order chi connectivity index (χ1) is 15.1. The van der Waals surface area contributed by atoms with Crippen LogP contribution in [-0.4, -0.2) is 54.7 Å². The van der Waals surface area contributed by atoms with Crippen molar-refractivity contribution in [3.63, 3.8) is 0 Å². The second-order valence-corrected chi connectivity index (χ2v) is 9.25. The number of hydrogen-bond acceptors (Lipinski definition) is 4. The number of aryl methyl sites for hydroxylation is 1. The van der Waals surface area contributed by atoms with Crippen molar-refractivity contribution in [1.82, 2.24) is 14.2 Å². The van der Waals surface area contributed by atoms with E-state index in [2.05, 4.69) is 4.98 Å². The van der Waals surface area contributed by atoms with E-state index < -0.39 is 38.2 Å². The van der Waals surface area contributed by atoms with Crippen molar-refractivity contribution >= 4 is 26.8 Å². The highest BCUT2D eigenvalue weighted by atomic mass is 32.2. The van der Waals surface area contributed by atoms with E-state index in [0.717, 1.165) is 4.31 Å². The lowest BCUT2D eigenvalue weighted by molar-refractivity contribution is 0.0699. The molecular formula is C21H17F4N3O3S. The zero-order chi connectivity index (χ0) is 23.2. The maximum Gasteiger partial charge on any atom is 0.254 e. The van der Waals surface area contributed by atoms with Crippen molar-refractivity contribution in [2.45, 2.75) is 11.8 Å². The summed E-state index contributed by atoms with van der Waals surface area (Å²) < 4.78 is 80.6. The lowest BCUT2D eigenvalue weighted by atomic mass is 10.1. The van der Waals surface area contributed by atoms with E-state index in [0.29, 0.717) is 34.3 Å². The Morgan fingerprint density at radius 1 is 0.938 bits per heavy atom. The number of nitrogens with zero attached hydrogens (tertiary/aromatic N) is 3. The van der Waals surface area contributed by atoms with Gasteiger partial charge in [-0.1, -0.05) is 0 Å². The first-order valence-electron chi connectivity index (χ1n) is 9.59. The number of sulfonamides is 1. The van der Waals surface area contributed by atoms with Gasteiger partial charge >= 0.3 is 0 Å². The predicted molar refractivity (Wildman–Crippen MR) is 107 cm³/mol. The molecule has 3 aromatic rings. The molecule has 6 nitrogen and oxygen atoms in total. The summed E-state index contributed by atoms with van der Waals surface area (Å²) in [5.41, 5.74) is 1.14. The number of pyridine rings is 1. The topological polar surface area (TPSA) is 70.6 Å². The molecule has 168 valence electrons. The van der Waals surface area contributed by atoms with Crippen LogP contribution in [0.5, 0.6) is 0 Å². The van der Waals surface area contributed by atoms with E-state index in [4.69, 9.17) is 0 Å². The van der Waals surface area contributed by atoms with Gasteiger partial charge in [0, 0.05) is 43.3 Å². The molecule has 0 unspecified atom stereocenters. The summed E-state index contributed by atoms with van der Waals surface area (Å²) in [5, 5.41) is 0.459. The average Bonchev–Trinajstić information content (AvgIpc) is 2.76. The summed E-state index contributed by atoms with van der Waals surface area (Å²) in [6, 6.07) is 6.69. The third-order valence-corrected chi connectivity index (χ3v) is 7.19. The number of hydrogen-bond donors (Lipinski definition) is 0. The number of benzene rings is 2. The lowest BCUT2D eigenvalue weighted by Crippen LogP contribution is -2.50. The van der Waals surface area contributed by atoms with Crippen LogP contribution in [0.15, 0.2) is 41.3 Å². The molecule has 4 rings (SSSR count). The highest BCUT2D eigenvalue weighted by Crippen LogP contribution is 2.25. The predicted octanol–water partition coefficient (Wildman–Crippen LogP) is 3.25.